The molecule has 1 saturated heterocycles. The molecule has 1 aliphatic heterocycles. The normalized spacial score (nSPS) is 21.0. The lowest BCUT2D eigenvalue weighted by molar-refractivity contribution is -0.121. The Labute approximate surface area is 271 Å². The summed E-state index contributed by atoms with van der Waals surface area (Å²) >= 11 is 0. The SMILES string of the molecule is C[Si](C)(C)CCCC(=O)NC[C@@H](CC1CCCCC1)Nc1c(N2CCCC(C(OCCC3CC3)c3ccccc3)C2)c(=O)c1=O. The molecule has 2 aliphatic carbocycles. The second-order valence-corrected chi connectivity index (χ2v) is 21.1. The Morgan fingerprint density at radius 1 is 0.956 bits per heavy atom. The van der Waals surface area contributed by atoms with Gasteiger partial charge < -0.3 is 20.3 Å². The Bertz CT molecular complexity index is 1290. The Morgan fingerprint density at radius 2 is 1.71 bits per heavy atom. The first-order valence-corrected chi connectivity index (χ1v) is 21.7. The van der Waals surface area contributed by atoms with Gasteiger partial charge in [-0.05, 0) is 49.5 Å². The van der Waals surface area contributed by atoms with Crippen LogP contribution in [0, 0.1) is 17.8 Å². The second-order valence-electron chi connectivity index (χ2n) is 15.5. The molecular weight excluding hydrogens is 579 g/mol. The standard InChI is InChI=1S/C37H57N3O4Si/c1-45(2,3)23-11-17-32(41)38-25-31(24-28-12-6-4-7-13-28)39-33-34(36(43)35(33)42)40-21-10-16-30(26-40)37(29-14-8-5-9-15-29)44-22-20-27-18-19-27/h5,8-9,14-15,27-28,30-31,37,39H,4,6-7,10-13,16-26H2,1-3H3,(H,38,41)/t30?,31-,37?/m1/s1. The molecule has 1 heterocycles. The number of rotatable bonds is 17. The number of nitrogens with zero attached hydrogens (tertiary/aromatic N) is 1. The summed E-state index contributed by atoms with van der Waals surface area (Å²) < 4.78 is 6.57. The molecule has 0 aromatic heterocycles. The summed E-state index contributed by atoms with van der Waals surface area (Å²) in [4.78, 5) is 41.1. The number of hydrogen-bond donors (Lipinski definition) is 2. The van der Waals surface area contributed by atoms with Crippen molar-refractivity contribution in [2.24, 2.45) is 17.8 Å². The predicted octanol–water partition coefficient (Wildman–Crippen LogP) is 7.04. The van der Waals surface area contributed by atoms with Crippen molar-refractivity contribution in [3.8, 4) is 0 Å². The van der Waals surface area contributed by atoms with E-state index in [4.69, 9.17) is 4.74 Å². The number of piperidine rings is 1. The molecule has 2 aromatic rings. The fraction of sp³-hybridized carbons (Fsp3) is 0.703. The summed E-state index contributed by atoms with van der Waals surface area (Å²) in [7, 11) is -1.18. The minimum atomic E-state index is -1.18. The molecule has 1 amide bonds. The fourth-order valence-corrected chi connectivity index (χ4v) is 8.76. The highest BCUT2D eigenvalue weighted by molar-refractivity contribution is 6.76. The molecule has 8 heteroatoms. The second kappa shape index (κ2) is 15.9. The van der Waals surface area contributed by atoms with Crippen LogP contribution in [0.25, 0.3) is 0 Å². The van der Waals surface area contributed by atoms with Crippen molar-refractivity contribution < 1.29 is 9.53 Å². The summed E-state index contributed by atoms with van der Waals surface area (Å²) in [5.74, 6) is 1.72. The van der Waals surface area contributed by atoms with E-state index in [2.05, 4.69) is 59.4 Å². The number of carbonyl (C=O) groups excluding carboxylic acids is 1. The molecule has 0 spiro atoms. The van der Waals surface area contributed by atoms with Gasteiger partial charge in [0.05, 0.1) is 6.10 Å². The van der Waals surface area contributed by atoms with Crippen LogP contribution < -0.4 is 26.4 Å². The minimum Gasteiger partial charge on any atom is -0.375 e. The molecule has 248 valence electrons. The number of ether oxygens (including phenoxy) is 1. The lowest BCUT2D eigenvalue weighted by Crippen LogP contribution is -2.49. The zero-order chi connectivity index (χ0) is 31.8. The molecule has 3 fully saturated rings. The van der Waals surface area contributed by atoms with Crippen LogP contribution in [-0.2, 0) is 9.53 Å². The van der Waals surface area contributed by atoms with Crippen LogP contribution in [0.1, 0.15) is 95.1 Å². The zero-order valence-corrected chi connectivity index (χ0v) is 29.1. The monoisotopic (exact) mass is 635 g/mol. The van der Waals surface area contributed by atoms with E-state index >= 15 is 0 Å². The van der Waals surface area contributed by atoms with Crippen molar-refractivity contribution in [1.29, 1.82) is 0 Å². The molecule has 0 bridgehead atoms. The van der Waals surface area contributed by atoms with Gasteiger partial charge in [-0.2, -0.15) is 0 Å². The molecule has 2 saturated carbocycles. The van der Waals surface area contributed by atoms with E-state index in [1.165, 1.54) is 50.5 Å². The van der Waals surface area contributed by atoms with Gasteiger partial charge in [-0.25, -0.2) is 0 Å². The largest absolute Gasteiger partial charge is 0.375 e. The number of carbonyl (C=O) groups is 1. The van der Waals surface area contributed by atoms with Crippen LogP contribution >= 0.6 is 0 Å². The van der Waals surface area contributed by atoms with E-state index in [0.717, 1.165) is 57.2 Å². The number of nitrogens with one attached hydrogen (secondary N) is 2. The van der Waals surface area contributed by atoms with E-state index in [-0.39, 0.29) is 29.4 Å². The molecule has 3 atom stereocenters. The van der Waals surface area contributed by atoms with Gasteiger partial charge in [0.25, 0.3) is 10.9 Å². The quantitative estimate of drug-likeness (QED) is 0.143. The van der Waals surface area contributed by atoms with Crippen LogP contribution in [0.3, 0.4) is 0 Å². The first kappa shape index (κ1) is 33.9. The highest BCUT2D eigenvalue weighted by Crippen LogP contribution is 2.38. The summed E-state index contributed by atoms with van der Waals surface area (Å²) in [5, 5.41) is 6.69. The van der Waals surface area contributed by atoms with Gasteiger partial charge in [0, 0.05) is 52.7 Å². The topological polar surface area (TPSA) is 87.7 Å². The van der Waals surface area contributed by atoms with Gasteiger partial charge in [-0.1, -0.05) is 101 Å². The van der Waals surface area contributed by atoms with Gasteiger partial charge in [0.15, 0.2) is 0 Å². The molecule has 5 rings (SSSR count). The van der Waals surface area contributed by atoms with Gasteiger partial charge in [-0.3, -0.25) is 14.4 Å². The van der Waals surface area contributed by atoms with Crippen molar-refractivity contribution in [3.05, 3.63) is 56.3 Å². The van der Waals surface area contributed by atoms with Crippen LogP contribution in [0.15, 0.2) is 39.9 Å². The van der Waals surface area contributed by atoms with E-state index in [0.29, 0.717) is 36.8 Å². The maximum atomic E-state index is 13.1. The molecule has 2 N–H and O–H groups in total. The van der Waals surface area contributed by atoms with Gasteiger partial charge >= 0.3 is 0 Å². The first-order valence-electron chi connectivity index (χ1n) is 18.0. The number of anilines is 2. The van der Waals surface area contributed by atoms with E-state index < -0.39 is 13.5 Å². The predicted molar refractivity (Wildman–Crippen MR) is 188 cm³/mol. The number of hydrogen-bond acceptors (Lipinski definition) is 6. The van der Waals surface area contributed by atoms with E-state index in [1.807, 2.05) is 6.07 Å². The smallest absolute Gasteiger partial charge is 0.253 e. The Hall–Kier alpha value is -2.45. The average molecular weight is 636 g/mol. The highest BCUT2D eigenvalue weighted by atomic mass is 28.3. The minimum absolute atomic E-state index is 0.0224. The highest BCUT2D eigenvalue weighted by Gasteiger charge is 2.35. The third-order valence-electron chi connectivity index (χ3n) is 10.3. The van der Waals surface area contributed by atoms with Crippen molar-refractivity contribution in [1.82, 2.24) is 5.32 Å². The molecular formula is C37H57N3O4Si. The lowest BCUT2D eigenvalue weighted by atomic mass is 9.84. The van der Waals surface area contributed by atoms with Crippen molar-refractivity contribution >= 4 is 25.4 Å². The fourth-order valence-electron chi connectivity index (χ4n) is 7.52. The van der Waals surface area contributed by atoms with Gasteiger partial charge in [0.2, 0.25) is 5.91 Å². The Morgan fingerprint density at radius 3 is 2.42 bits per heavy atom. The van der Waals surface area contributed by atoms with Crippen LogP contribution in [0.2, 0.25) is 25.7 Å². The summed E-state index contributed by atoms with van der Waals surface area (Å²) in [5.41, 5.74) is 1.40. The summed E-state index contributed by atoms with van der Waals surface area (Å²) in [6, 6.07) is 11.6. The average Bonchev–Trinajstić information content (AvgIpc) is 3.86. The third kappa shape index (κ3) is 10.0. The van der Waals surface area contributed by atoms with Crippen LogP contribution in [-0.4, -0.2) is 46.3 Å². The Kier molecular flexibility index (Phi) is 12.0. The molecule has 45 heavy (non-hydrogen) atoms. The number of amides is 1. The van der Waals surface area contributed by atoms with Crippen molar-refractivity contribution in [3.63, 3.8) is 0 Å². The van der Waals surface area contributed by atoms with E-state index in [9.17, 15) is 14.4 Å². The summed E-state index contributed by atoms with van der Waals surface area (Å²) in [6.07, 6.45) is 14.3. The van der Waals surface area contributed by atoms with Gasteiger partial charge in [-0.15, -0.1) is 0 Å². The van der Waals surface area contributed by atoms with Crippen molar-refractivity contribution in [2.75, 3.05) is 36.5 Å². The van der Waals surface area contributed by atoms with Gasteiger partial charge in [0.1, 0.15) is 11.4 Å². The zero-order valence-electron chi connectivity index (χ0n) is 28.1. The maximum Gasteiger partial charge on any atom is 0.253 e. The van der Waals surface area contributed by atoms with Crippen molar-refractivity contribution in [2.45, 2.75) is 121 Å². The summed E-state index contributed by atoms with van der Waals surface area (Å²) in [6.45, 7) is 9.72. The Balaban J connectivity index is 1.26. The van der Waals surface area contributed by atoms with E-state index in [1.54, 1.807) is 0 Å². The maximum absolute atomic E-state index is 13.1. The first-order chi connectivity index (χ1) is 21.7. The van der Waals surface area contributed by atoms with Crippen LogP contribution in [0.5, 0.6) is 0 Å². The molecule has 0 radical (unpaired) electrons. The van der Waals surface area contributed by atoms with Crippen LogP contribution in [0.4, 0.5) is 11.4 Å². The molecule has 3 aliphatic rings. The third-order valence-corrected chi connectivity index (χ3v) is 12.2. The molecule has 2 aromatic carbocycles. The molecule has 2 unspecified atom stereocenters. The lowest BCUT2D eigenvalue weighted by Gasteiger charge is -2.39. The number of benzene rings is 1. The molecule has 7 nitrogen and oxygen atoms in total.